The van der Waals surface area contributed by atoms with Crippen LogP contribution < -0.4 is 10.9 Å². The Morgan fingerprint density at radius 3 is 3.18 bits per heavy atom. The fourth-order valence-corrected chi connectivity index (χ4v) is 1.66. The molecule has 0 saturated carbocycles. The molecule has 2 rings (SSSR count). The van der Waals surface area contributed by atoms with Crippen molar-refractivity contribution in [2.45, 2.75) is 19.4 Å². The second-order valence-corrected chi connectivity index (χ2v) is 4.10. The highest BCUT2D eigenvalue weighted by molar-refractivity contribution is 6.32. The molecule has 2 aromatic heterocycles. The van der Waals surface area contributed by atoms with Gasteiger partial charge in [0, 0.05) is 12.5 Å². The zero-order valence-corrected chi connectivity index (χ0v) is 9.99. The highest BCUT2D eigenvalue weighted by atomic mass is 35.5. The molecular formula is C11H12ClN3O2. The van der Waals surface area contributed by atoms with Crippen LogP contribution in [-0.4, -0.2) is 16.0 Å². The number of nitrogens with one attached hydrogen (secondary N) is 2. The Balaban J connectivity index is 2.05. The van der Waals surface area contributed by atoms with Gasteiger partial charge in [-0.15, -0.1) is 0 Å². The number of H-pyrrole nitrogens is 1. The molecule has 0 aromatic carbocycles. The van der Waals surface area contributed by atoms with Crippen LogP contribution in [0, 0.1) is 0 Å². The molecular weight excluding hydrogens is 242 g/mol. The second-order valence-electron chi connectivity index (χ2n) is 3.72. The monoisotopic (exact) mass is 253 g/mol. The molecule has 1 atom stereocenters. The van der Waals surface area contributed by atoms with E-state index in [2.05, 4.69) is 15.3 Å². The second kappa shape index (κ2) is 5.05. The van der Waals surface area contributed by atoms with Gasteiger partial charge in [0.05, 0.1) is 12.6 Å². The van der Waals surface area contributed by atoms with Crippen LogP contribution in [0.2, 0.25) is 5.02 Å². The summed E-state index contributed by atoms with van der Waals surface area (Å²) in [5.74, 6) is 1.25. The van der Waals surface area contributed by atoms with Gasteiger partial charge in [0.25, 0.3) is 5.56 Å². The van der Waals surface area contributed by atoms with E-state index >= 15 is 0 Å². The number of hydrogen-bond donors (Lipinski definition) is 2. The van der Waals surface area contributed by atoms with Gasteiger partial charge >= 0.3 is 0 Å². The third kappa shape index (κ3) is 2.88. The SMILES string of the molecule is CC(Cc1ccco1)Nc1nc[nH]c(=O)c1Cl. The highest BCUT2D eigenvalue weighted by Crippen LogP contribution is 2.15. The predicted molar refractivity (Wildman–Crippen MR) is 65.4 cm³/mol. The van der Waals surface area contributed by atoms with Gasteiger partial charge in [-0.05, 0) is 19.1 Å². The van der Waals surface area contributed by atoms with Crippen LogP contribution in [0.5, 0.6) is 0 Å². The van der Waals surface area contributed by atoms with E-state index in [-0.39, 0.29) is 16.6 Å². The molecule has 17 heavy (non-hydrogen) atoms. The molecule has 5 nitrogen and oxygen atoms in total. The molecule has 0 saturated heterocycles. The van der Waals surface area contributed by atoms with E-state index in [1.54, 1.807) is 6.26 Å². The quantitative estimate of drug-likeness (QED) is 0.875. The Hall–Kier alpha value is -1.75. The van der Waals surface area contributed by atoms with Crippen LogP contribution in [0.1, 0.15) is 12.7 Å². The maximum Gasteiger partial charge on any atom is 0.271 e. The van der Waals surface area contributed by atoms with Gasteiger partial charge in [-0.2, -0.15) is 0 Å². The lowest BCUT2D eigenvalue weighted by Gasteiger charge is -2.13. The Morgan fingerprint density at radius 2 is 2.47 bits per heavy atom. The average molecular weight is 254 g/mol. The van der Waals surface area contributed by atoms with E-state index in [1.165, 1.54) is 6.33 Å². The molecule has 6 heteroatoms. The van der Waals surface area contributed by atoms with Gasteiger partial charge in [-0.1, -0.05) is 11.6 Å². The topological polar surface area (TPSA) is 70.9 Å². The van der Waals surface area contributed by atoms with Crippen molar-refractivity contribution in [1.82, 2.24) is 9.97 Å². The Kier molecular flexibility index (Phi) is 3.49. The van der Waals surface area contributed by atoms with Crippen molar-refractivity contribution >= 4 is 17.4 Å². The fraction of sp³-hybridized carbons (Fsp3) is 0.273. The predicted octanol–water partition coefficient (Wildman–Crippen LogP) is 2.06. The number of halogens is 1. The third-order valence-corrected chi connectivity index (χ3v) is 2.62. The van der Waals surface area contributed by atoms with Crippen molar-refractivity contribution in [3.63, 3.8) is 0 Å². The van der Waals surface area contributed by atoms with Gasteiger partial charge < -0.3 is 14.7 Å². The number of nitrogens with zero attached hydrogens (tertiary/aromatic N) is 1. The molecule has 0 aliphatic heterocycles. The van der Waals surface area contributed by atoms with Crippen molar-refractivity contribution in [3.05, 3.63) is 45.9 Å². The van der Waals surface area contributed by atoms with Gasteiger partial charge in [-0.3, -0.25) is 4.79 Å². The van der Waals surface area contributed by atoms with Gasteiger partial charge in [0.2, 0.25) is 0 Å². The molecule has 2 heterocycles. The number of furan rings is 1. The number of hydrogen-bond acceptors (Lipinski definition) is 4. The first-order valence-electron chi connectivity index (χ1n) is 5.19. The van der Waals surface area contributed by atoms with Crippen molar-refractivity contribution in [2.75, 3.05) is 5.32 Å². The van der Waals surface area contributed by atoms with E-state index in [1.807, 2.05) is 19.1 Å². The minimum atomic E-state index is -0.352. The van der Waals surface area contributed by atoms with E-state index < -0.39 is 0 Å². The van der Waals surface area contributed by atoms with Gasteiger partial charge in [0.1, 0.15) is 10.8 Å². The number of aromatic nitrogens is 2. The molecule has 0 aliphatic rings. The number of rotatable bonds is 4. The molecule has 0 amide bonds. The first kappa shape index (κ1) is 11.7. The lowest BCUT2D eigenvalue weighted by molar-refractivity contribution is 0.497. The zero-order chi connectivity index (χ0) is 12.3. The smallest absolute Gasteiger partial charge is 0.271 e. The van der Waals surface area contributed by atoms with Crippen LogP contribution >= 0.6 is 11.6 Å². The van der Waals surface area contributed by atoms with Crippen molar-refractivity contribution in [3.8, 4) is 0 Å². The minimum absolute atomic E-state index is 0.0629. The highest BCUT2D eigenvalue weighted by Gasteiger charge is 2.10. The largest absolute Gasteiger partial charge is 0.469 e. The van der Waals surface area contributed by atoms with E-state index in [0.29, 0.717) is 12.2 Å². The summed E-state index contributed by atoms with van der Waals surface area (Å²) in [6.07, 6.45) is 3.63. The molecule has 90 valence electrons. The molecule has 0 bridgehead atoms. The van der Waals surface area contributed by atoms with Gasteiger partial charge in [-0.25, -0.2) is 4.98 Å². The van der Waals surface area contributed by atoms with Crippen molar-refractivity contribution in [2.24, 2.45) is 0 Å². The van der Waals surface area contributed by atoms with Gasteiger partial charge in [0.15, 0.2) is 5.82 Å². The van der Waals surface area contributed by atoms with Crippen LogP contribution in [0.15, 0.2) is 33.9 Å². The summed E-state index contributed by atoms with van der Waals surface area (Å²) in [7, 11) is 0. The molecule has 1 unspecified atom stereocenters. The van der Waals surface area contributed by atoms with Crippen LogP contribution in [0.25, 0.3) is 0 Å². The Bertz CT molecular complexity index is 536. The average Bonchev–Trinajstić information content (AvgIpc) is 2.77. The standard InChI is InChI=1S/C11H12ClN3O2/c1-7(5-8-3-2-4-17-8)15-10-9(12)11(16)14-6-13-10/h2-4,6-7H,5H2,1H3,(H2,13,14,15,16). The molecule has 0 fully saturated rings. The lowest BCUT2D eigenvalue weighted by Crippen LogP contribution is -2.21. The van der Waals surface area contributed by atoms with E-state index in [0.717, 1.165) is 5.76 Å². The third-order valence-electron chi connectivity index (χ3n) is 2.27. The van der Waals surface area contributed by atoms with Crippen LogP contribution in [0.3, 0.4) is 0 Å². The molecule has 0 aliphatic carbocycles. The molecule has 2 N–H and O–H groups in total. The fourth-order valence-electron chi connectivity index (χ4n) is 1.50. The summed E-state index contributed by atoms with van der Waals surface area (Å²) >= 11 is 5.83. The Morgan fingerprint density at radius 1 is 1.65 bits per heavy atom. The molecule has 2 aromatic rings. The number of anilines is 1. The maximum absolute atomic E-state index is 11.3. The zero-order valence-electron chi connectivity index (χ0n) is 9.24. The van der Waals surface area contributed by atoms with E-state index in [4.69, 9.17) is 16.0 Å². The van der Waals surface area contributed by atoms with E-state index in [9.17, 15) is 4.79 Å². The Labute approximate surface area is 103 Å². The minimum Gasteiger partial charge on any atom is -0.469 e. The first-order chi connectivity index (χ1) is 8.16. The summed E-state index contributed by atoms with van der Waals surface area (Å²) in [5, 5.41) is 3.13. The number of aromatic amines is 1. The summed E-state index contributed by atoms with van der Waals surface area (Å²) in [5.41, 5.74) is -0.352. The summed E-state index contributed by atoms with van der Waals surface area (Å²) in [6, 6.07) is 3.79. The summed E-state index contributed by atoms with van der Waals surface area (Å²) < 4.78 is 5.23. The van der Waals surface area contributed by atoms with Crippen molar-refractivity contribution in [1.29, 1.82) is 0 Å². The van der Waals surface area contributed by atoms with Crippen LogP contribution in [0.4, 0.5) is 5.82 Å². The first-order valence-corrected chi connectivity index (χ1v) is 5.56. The molecule has 0 spiro atoms. The van der Waals surface area contributed by atoms with Crippen molar-refractivity contribution < 1.29 is 4.42 Å². The summed E-state index contributed by atoms with van der Waals surface area (Å²) in [4.78, 5) is 17.6. The summed E-state index contributed by atoms with van der Waals surface area (Å²) in [6.45, 7) is 1.96. The van der Waals surface area contributed by atoms with Crippen LogP contribution in [-0.2, 0) is 6.42 Å². The molecule has 0 radical (unpaired) electrons. The lowest BCUT2D eigenvalue weighted by atomic mass is 10.2. The normalized spacial score (nSPS) is 12.4. The maximum atomic E-state index is 11.3.